The molecule has 2 heterocycles. The van der Waals surface area contributed by atoms with Crippen molar-refractivity contribution < 1.29 is 4.39 Å². The molecule has 0 fully saturated rings. The Labute approximate surface area is 110 Å². The van der Waals surface area contributed by atoms with E-state index in [1.165, 1.54) is 10.6 Å². The van der Waals surface area contributed by atoms with E-state index in [9.17, 15) is 4.39 Å². The second-order valence-corrected chi connectivity index (χ2v) is 4.58. The number of hydrogen-bond donors (Lipinski definition) is 1. The van der Waals surface area contributed by atoms with Gasteiger partial charge in [0.05, 0.1) is 0 Å². The van der Waals surface area contributed by atoms with E-state index >= 15 is 0 Å². The molecule has 0 amide bonds. The van der Waals surface area contributed by atoms with Gasteiger partial charge in [-0.1, -0.05) is 6.07 Å². The van der Waals surface area contributed by atoms with Gasteiger partial charge in [-0.15, -0.1) is 0 Å². The third kappa shape index (κ3) is 1.57. The summed E-state index contributed by atoms with van der Waals surface area (Å²) in [4.78, 5) is 8.36. The molecule has 0 unspecified atom stereocenters. The summed E-state index contributed by atoms with van der Waals surface area (Å²) in [6.07, 6.45) is 1.62. The van der Waals surface area contributed by atoms with Crippen LogP contribution >= 0.6 is 15.9 Å². The molecule has 3 aromatic rings. The minimum Gasteiger partial charge on any atom is -0.369 e. The first-order valence-electron chi connectivity index (χ1n) is 5.22. The van der Waals surface area contributed by atoms with Gasteiger partial charge in [-0.2, -0.15) is 0 Å². The van der Waals surface area contributed by atoms with Crippen molar-refractivity contribution >= 4 is 33.0 Å². The lowest BCUT2D eigenvalue weighted by atomic mass is 10.3. The van der Waals surface area contributed by atoms with Crippen LogP contribution in [0.5, 0.6) is 0 Å². The molecule has 0 radical (unpaired) electrons. The third-order valence-electron chi connectivity index (χ3n) is 2.60. The zero-order chi connectivity index (χ0) is 12.7. The number of para-hydroxylation sites is 1. The zero-order valence-electron chi connectivity index (χ0n) is 9.14. The molecule has 0 saturated carbocycles. The Bertz CT molecular complexity index is 718. The predicted molar refractivity (Wildman–Crippen MR) is 70.9 cm³/mol. The number of imidazole rings is 1. The molecule has 0 aliphatic carbocycles. The van der Waals surface area contributed by atoms with Gasteiger partial charge in [-0.05, 0) is 40.2 Å². The molecule has 2 aromatic heterocycles. The molecule has 0 bridgehead atoms. The summed E-state index contributed by atoms with van der Waals surface area (Å²) in [7, 11) is 0. The highest BCUT2D eigenvalue weighted by molar-refractivity contribution is 9.10. The molecule has 1 aromatic carbocycles. The first-order valence-corrected chi connectivity index (χ1v) is 6.01. The summed E-state index contributed by atoms with van der Waals surface area (Å²) in [6.45, 7) is 0. The van der Waals surface area contributed by atoms with E-state index in [0.717, 1.165) is 0 Å². The lowest BCUT2D eigenvalue weighted by Gasteiger charge is -2.09. The lowest BCUT2D eigenvalue weighted by molar-refractivity contribution is 0.618. The summed E-state index contributed by atoms with van der Waals surface area (Å²) in [6, 6.07) is 8.27. The number of anilines is 1. The minimum absolute atomic E-state index is 0.203. The van der Waals surface area contributed by atoms with Crippen molar-refractivity contribution in [3.8, 4) is 5.69 Å². The lowest BCUT2D eigenvalue weighted by Crippen LogP contribution is -2.04. The van der Waals surface area contributed by atoms with E-state index in [0.29, 0.717) is 21.3 Å². The molecular formula is C12H8BrFN4. The number of rotatable bonds is 1. The molecular weight excluding hydrogens is 299 g/mol. The minimum atomic E-state index is -0.388. The maximum atomic E-state index is 14.0. The molecule has 6 heteroatoms. The number of nitrogen functional groups attached to an aromatic ring is 1. The number of fused-ring (bicyclic) bond motifs is 1. The van der Waals surface area contributed by atoms with E-state index in [1.807, 2.05) is 0 Å². The highest BCUT2D eigenvalue weighted by atomic mass is 79.9. The molecule has 18 heavy (non-hydrogen) atoms. The van der Waals surface area contributed by atoms with Gasteiger partial charge in [0.1, 0.15) is 17.0 Å². The van der Waals surface area contributed by atoms with Crippen molar-refractivity contribution in [2.24, 2.45) is 0 Å². The summed E-state index contributed by atoms with van der Waals surface area (Å²) in [5, 5.41) is 0. The number of nitrogens with zero attached hydrogens (tertiary/aromatic N) is 3. The monoisotopic (exact) mass is 306 g/mol. The third-order valence-corrected chi connectivity index (χ3v) is 3.24. The molecule has 0 aliphatic rings. The normalized spacial score (nSPS) is 11.0. The van der Waals surface area contributed by atoms with Crippen LogP contribution in [0.4, 0.5) is 10.3 Å². The fourth-order valence-electron chi connectivity index (χ4n) is 1.85. The fraction of sp³-hybridized carbons (Fsp3) is 0. The van der Waals surface area contributed by atoms with Gasteiger partial charge in [0.2, 0.25) is 5.95 Å². The fourth-order valence-corrected chi connectivity index (χ4v) is 2.37. The molecule has 0 aliphatic heterocycles. The second kappa shape index (κ2) is 4.06. The van der Waals surface area contributed by atoms with Crippen LogP contribution in [-0.2, 0) is 0 Å². The quantitative estimate of drug-likeness (QED) is 0.752. The van der Waals surface area contributed by atoms with Crippen LogP contribution in [0.25, 0.3) is 16.9 Å². The number of halogens is 2. The van der Waals surface area contributed by atoms with Crippen LogP contribution in [0, 0.1) is 5.82 Å². The first kappa shape index (κ1) is 11.2. The van der Waals surface area contributed by atoms with Crippen molar-refractivity contribution in [3.63, 3.8) is 0 Å². The molecule has 0 atom stereocenters. The van der Waals surface area contributed by atoms with Crippen LogP contribution in [0.1, 0.15) is 0 Å². The summed E-state index contributed by atoms with van der Waals surface area (Å²) < 4.78 is 16.1. The van der Waals surface area contributed by atoms with E-state index in [-0.39, 0.29) is 11.8 Å². The summed E-state index contributed by atoms with van der Waals surface area (Å²) in [5.41, 5.74) is 7.32. The average Bonchev–Trinajstić information content (AvgIpc) is 2.66. The van der Waals surface area contributed by atoms with Gasteiger partial charge in [-0.3, -0.25) is 4.57 Å². The number of benzene rings is 1. The van der Waals surface area contributed by atoms with Crippen molar-refractivity contribution in [2.75, 3.05) is 5.73 Å². The van der Waals surface area contributed by atoms with Crippen LogP contribution in [0.15, 0.2) is 41.0 Å². The Morgan fingerprint density at radius 1 is 1.22 bits per heavy atom. The van der Waals surface area contributed by atoms with E-state index in [4.69, 9.17) is 5.73 Å². The maximum absolute atomic E-state index is 14.0. The predicted octanol–water partition coefficient (Wildman–Crippen LogP) is 2.90. The first-order chi connectivity index (χ1) is 8.68. The van der Waals surface area contributed by atoms with Crippen molar-refractivity contribution in [1.82, 2.24) is 14.5 Å². The Balaban J connectivity index is 2.42. The second-order valence-electron chi connectivity index (χ2n) is 3.72. The SMILES string of the molecule is Nc1nc2cccnc2n1-c1c(F)cccc1Br. The average molecular weight is 307 g/mol. The summed E-state index contributed by atoms with van der Waals surface area (Å²) >= 11 is 3.32. The van der Waals surface area contributed by atoms with Gasteiger partial charge in [-0.25, -0.2) is 14.4 Å². The largest absolute Gasteiger partial charge is 0.369 e. The highest BCUT2D eigenvalue weighted by Crippen LogP contribution is 2.29. The topological polar surface area (TPSA) is 56.7 Å². The Hall–Kier alpha value is -1.95. The smallest absolute Gasteiger partial charge is 0.207 e. The number of aromatic nitrogens is 3. The standard InChI is InChI=1S/C12H8BrFN4/c13-7-3-1-4-8(14)10(7)18-11-9(17-12(18)15)5-2-6-16-11/h1-6H,(H2,15,17). The Morgan fingerprint density at radius 2 is 2.06 bits per heavy atom. The number of pyridine rings is 1. The van der Waals surface area contributed by atoms with Crippen molar-refractivity contribution in [2.45, 2.75) is 0 Å². The number of hydrogen-bond acceptors (Lipinski definition) is 3. The molecule has 0 saturated heterocycles. The van der Waals surface area contributed by atoms with Gasteiger partial charge in [0.25, 0.3) is 0 Å². The Kier molecular flexibility index (Phi) is 2.52. The van der Waals surface area contributed by atoms with Crippen molar-refractivity contribution in [1.29, 1.82) is 0 Å². The molecule has 2 N–H and O–H groups in total. The maximum Gasteiger partial charge on any atom is 0.207 e. The highest BCUT2D eigenvalue weighted by Gasteiger charge is 2.16. The molecule has 90 valence electrons. The van der Waals surface area contributed by atoms with Crippen LogP contribution in [0.2, 0.25) is 0 Å². The Morgan fingerprint density at radius 3 is 2.83 bits per heavy atom. The molecule has 4 nitrogen and oxygen atoms in total. The van der Waals surface area contributed by atoms with E-state index in [2.05, 4.69) is 25.9 Å². The van der Waals surface area contributed by atoms with Crippen LogP contribution < -0.4 is 5.73 Å². The van der Waals surface area contributed by atoms with Crippen LogP contribution in [0.3, 0.4) is 0 Å². The molecule has 0 spiro atoms. The number of nitrogens with two attached hydrogens (primary N) is 1. The van der Waals surface area contributed by atoms with Gasteiger partial charge < -0.3 is 5.73 Å². The van der Waals surface area contributed by atoms with Crippen molar-refractivity contribution in [3.05, 3.63) is 46.8 Å². The van der Waals surface area contributed by atoms with E-state index in [1.54, 1.807) is 30.5 Å². The van der Waals surface area contributed by atoms with Gasteiger partial charge in [0, 0.05) is 10.7 Å². The van der Waals surface area contributed by atoms with Gasteiger partial charge >= 0.3 is 0 Å². The van der Waals surface area contributed by atoms with Crippen LogP contribution in [-0.4, -0.2) is 14.5 Å². The van der Waals surface area contributed by atoms with Gasteiger partial charge in [0.15, 0.2) is 5.65 Å². The molecule has 3 rings (SSSR count). The van der Waals surface area contributed by atoms with E-state index < -0.39 is 0 Å². The summed E-state index contributed by atoms with van der Waals surface area (Å²) in [5.74, 6) is -0.185. The zero-order valence-corrected chi connectivity index (χ0v) is 10.7.